The second kappa shape index (κ2) is 8.84. The molecule has 0 aromatic heterocycles. The fraction of sp³-hybridized carbons (Fsp3) is 0.444. The number of amides is 1. The number of piperazine rings is 1. The third-order valence-electron chi connectivity index (χ3n) is 3.93. The molecule has 0 aliphatic carbocycles. The van der Waals surface area contributed by atoms with Crippen LogP contribution in [-0.4, -0.2) is 43.5 Å². The van der Waals surface area contributed by atoms with Crippen molar-refractivity contribution in [1.29, 1.82) is 5.26 Å². The van der Waals surface area contributed by atoms with Gasteiger partial charge in [0.25, 0.3) is 5.91 Å². The van der Waals surface area contributed by atoms with Crippen molar-refractivity contribution in [2.75, 3.05) is 37.6 Å². The van der Waals surface area contributed by atoms with Crippen molar-refractivity contribution in [2.24, 2.45) is 0 Å². The third-order valence-corrected chi connectivity index (χ3v) is 3.93. The Morgan fingerprint density at radius 2 is 1.96 bits per heavy atom. The molecule has 1 heterocycles. The van der Waals surface area contributed by atoms with E-state index in [0.717, 1.165) is 39.0 Å². The number of rotatable bonds is 6. The Hall–Kier alpha value is -2.48. The van der Waals surface area contributed by atoms with Crippen LogP contribution in [0.1, 0.15) is 19.8 Å². The molecule has 1 N–H and O–H groups in total. The molecule has 0 unspecified atom stereocenters. The summed E-state index contributed by atoms with van der Waals surface area (Å²) in [6.45, 7) is 6.08. The standard InChI is InChI=1S/C18H24N4O/c1-2-3-9-20-18(23)16(14-19)15-21-10-12-22(13-11-21)17-7-5-4-6-8-17/h4-8,15H,2-3,9-13H2,1H3,(H,20,23)/b16-15-. The van der Waals surface area contributed by atoms with Crippen LogP contribution in [0, 0.1) is 11.3 Å². The third kappa shape index (κ3) is 5.03. The number of carbonyl (C=O) groups is 1. The van der Waals surface area contributed by atoms with E-state index in [9.17, 15) is 10.1 Å². The molecule has 1 aliphatic heterocycles. The van der Waals surface area contributed by atoms with E-state index in [0.29, 0.717) is 6.54 Å². The van der Waals surface area contributed by atoms with Crippen LogP contribution in [0.25, 0.3) is 0 Å². The fourth-order valence-corrected chi connectivity index (χ4v) is 2.54. The number of unbranched alkanes of at least 4 members (excludes halogenated alkanes) is 1. The first-order valence-electron chi connectivity index (χ1n) is 8.18. The molecule has 1 aromatic carbocycles. The molecule has 0 radical (unpaired) electrons. The van der Waals surface area contributed by atoms with Gasteiger partial charge in [0.2, 0.25) is 0 Å². The van der Waals surface area contributed by atoms with Crippen molar-refractivity contribution in [3.05, 3.63) is 42.1 Å². The summed E-state index contributed by atoms with van der Waals surface area (Å²) in [5.41, 5.74) is 1.41. The van der Waals surface area contributed by atoms with E-state index < -0.39 is 0 Å². The minimum absolute atomic E-state index is 0.189. The summed E-state index contributed by atoms with van der Waals surface area (Å²) in [6.07, 6.45) is 3.65. The largest absolute Gasteiger partial charge is 0.373 e. The number of benzene rings is 1. The minimum Gasteiger partial charge on any atom is -0.373 e. The van der Waals surface area contributed by atoms with Crippen molar-refractivity contribution < 1.29 is 4.79 Å². The molecule has 2 rings (SSSR count). The van der Waals surface area contributed by atoms with Gasteiger partial charge >= 0.3 is 0 Å². The van der Waals surface area contributed by atoms with Crippen molar-refractivity contribution in [1.82, 2.24) is 10.2 Å². The monoisotopic (exact) mass is 312 g/mol. The maximum absolute atomic E-state index is 12.0. The molecule has 1 saturated heterocycles. The van der Waals surface area contributed by atoms with Gasteiger partial charge < -0.3 is 15.1 Å². The van der Waals surface area contributed by atoms with Gasteiger partial charge in [0.05, 0.1) is 0 Å². The highest BCUT2D eigenvalue weighted by atomic mass is 16.1. The molecule has 122 valence electrons. The smallest absolute Gasteiger partial charge is 0.263 e. The molecule has 0 saturated carbocycles. The average Bonchev–Trinajstić information content (AvgIpc) is 2.61. The molecule has 1 aromatic rings. The van der Waals surface area contributed by atoms with Crippen LogP contribution in [0.4, 0.5) is 5.69 Å². The predicted molar refractivity (Wildman–Crippen MR) is 91.8 cm³/mol. The highest BCUT2D eigenvalue weighted by molar-refractivity contribution is 5.97. The van der Waals surface area contributed by atoms with Crippen LogP contribution in [0.15, 0.2) is 42.1 Å². The van der Waals surface area contributed by atoms with E-state index in [1.165, 1.54) is 5.69 Å². The van der Waals surface area contributed by atoms with Crippen molar-refractivity contribution in [3.63, 3.8) is 0 Å². The van der Waals surface area contributed by atoms with Gasteiger partial charge in [-0.25, -0.2) is 0 Å². The van der Waals surface area contributed by atoms with Gasteiger partial charge in [0.15, 0.2) is 0 Å². The van der Waals surface area contributed by atoms with Crippen LogP contribution in [0.3, 0.4) is 0 Å². The second-order valence-electron chi connectivity index (χ2n) is 5.62. The number of nitrogens with one attached hydrogen (secondary N) is 1. The molecule has 1 amide bonds. The Bertz CT molecular complexity index is 568. The lowest BCUT2D eigenvalue weighted by atomic mass is 10.2. The van der Waals surface area contributed by atoms with Crippen LogP contribution < -0.4 is 10.2 Å². The molecule has 0 spiro atoms. The first-order valence-corrected chi connectivity index (χ1v) is 8.18. The molecular weight excluding hydrogens is 288 g/mol. The summed E-state index contributed by atoms with van der Waals surface area (Å²) < 4.78 is 0. The number of hydrogen-bond acceptors (Lipinski definition) is 4. The highest BCUT2D eigenvalue weighted by Crippen LogP contribution is 2.16. The Labute approximate surface area is 138 Å². The minimum atomic E-state index is -0.272. The van der Waals surface area contributed by atoms with Crippen molar-refractivity contribution in [3.8, 4) is 6.07 Å². The number of nitriles is 1. The number of para-hydroxylation sites is 1. The maximum atomic E-state index is 12.0. The number of nitrogens with zero attached hydrogens (tertiary/aromatic N) is 3. The van der Waals surface area contributed by atoms with Crippen molar-refractivity contribution >= 4 is 11.6 Å². The predicted octanol–water partition coefficient (Wildman–Crippen LogP) is 2.13. The highest BCUT2D eigenvalue weighted by Gasteiger charge is 2.17. The van der Waals surface area contributed by atoms with Crippen LogP contribution in [0.2, 0.25) is 0 Å². The van der Waals surface area contributed by atoms with Gasteiger partial charge in [-0.05, 0) is 18.6 Å². The Morgan fingerprint density at radius 3 is 2.57 bits per heavy atom. The summed E-state index contributed by atoms with van der Waals surface area (Å²) >= 11 is 0. The first-order chi connectivity index (χ1) is 11.2. The summed E-state index contributed by atoms with van der Waals surface area (Å²) in [5, 5.41) is 12.0. The quantitative estimate of drug-likeness (QED) is 0.497. The molecule has 5 heteroatoms. The molecule has 1 fully saturated rings. The van der Waals surface area contributed by atoms with Gasteiger partial charge in [0, 0.05) is 44.6 Å². The Kier molecular flexibility index (Phi) is 6.49. The average molecular weight is 312 g/mol. The van der Waals surface area contributed by atoms with Gasteiger partial charge in [0.1, 0.15) is 11.6 Å². The van der Waals surface area contributed by atoms with E-state index >= 15 is 0 Å². The zero-order chi connectivity index (χ0) is 16.5. The molecule has 0 bridgehead atoms. The van der Waals surface area contributed by atoms with E-state index in [-0.39, 0.29) is 11.5 Å². The topological polar surface area (TPSA) is 59.4 Å². The van der Waals surface area contributed by atoms with E-state index in [1.807, 2.05) is 24.3 Å². The Morgan fingerprint density at radius 1 is 1.26 bits per heavy atom. The number of hydrogen-bond donors (Lipinski definition) is 1. The summed E-state index contributed by atoms with van der Waals surface area (Å²) in [6, 6.07) is 12.3. The van der Waals surface area contributed by atoms with Gasteiger partial charge in [-0.1, -0.05) is 31.5 Å². The summed E-state index contributed by atoms with van der Waals surface area (Å²) in [4.78, 5) is 16.3. The SMILES string of the molecule is CCCCNC(=O)/C(C#N)=C\N1CCN(c2ccccc2)CC1. The van der Waals surface area contributed by atoms with Crippen LogP contribution >= 0.6 is 0 Å². The summed E-state index contributed by atoms with van der Waals surface area (Å²) in [5.74, 6) is -0.272. The molecule has 0 atom stereocenters. The molecule has 23 heavy (non-hydrogen) atoms. The molecule has 5 nitrogen and oxygen atoms in total. The van der Waals surface area contributed by atoms with Gasteiger partial charge in [-0.15, -0.1) is 0 Å². The van der Waals surface area contributed by atoms with E-state index in [4.69, 9.17) is 0 Å². The lowest BCUT2D eigenvalue weighted by Gasteiger charge is -2.35. The Balaban J connectivity index is 1.88. The molecular formula is C18H24N4O. The summed E-state index contributed by atoms with van der Waals surface area (Å²) in [7, 11) is 0. The van der Waals surface area contributed by atoms with Crippen LogP contribution in [-0.2, 0) is 4.79 Å². The van der Waals surface area contributed by atoms with Gasteiger partial charge in [-0.3, -0.25) is 4.79 Å². The first kappa shape index (κ1) is 16.9. The van der Waals surface area contributed by atoms with E-state index in [2.05, 4.69) is 34.2 Å². The lowest BCUT2D eigenvalue weighted by molar-refractivity contribution is -0.117. The van der Waals surface area contributed by atoms with Crippen molar-refractivity contribution in [2.45, 2.75) is 19.8 Å². The molecule has 1 aliphatic rings. The lowest BCUT2D eigenvalue weighted by Crippen LogP contribution is -2.44. The maximum Gasteiger partial charge on any atom is 0.263 e. The normalized spacial score (nSPS) is 15.2. The van der Waals surface area contributed by atoms with Crippen LogP contribution in [0.5, 0.6) is 0 Å². The van der Waals surface area contributed by atoms with E-state index in [1.54, 1.807) is 6.20 Å². The zero-order valence-electron chi connectivity index (χ0n) is 13.7. The zero-order valence-corrected chi connectivity index (χ0v) is 13.7. The number of anilines is 1. The second-order valence-corrected chi connectivity index (χ2v) is 5.62. The fourth-order valence-electron chi connectivity index (χ4n) is 2.54. The van der Waals surface area contributed by atoms with Gasteiger partial charge in [-0.2, -0.15) is 5.26 Å². The number of carbonyl (C=O) groups excluding carboxylic acids is 1.